The van der Waals surface area contributed by atoms with Crippen LogP contribution >= 0.6 is 0 Å². The smallest absolute Gasteiger partial charge is 0.408 e. The quantitative estimate of drug-likeness (QED) is 0.237. The van der Waals surface area contributed by atoms with Crippen LogP contribution in [0.2, 0.25) is 0 Å². The van der Waals surface area contributed by atoms with Crippen molar-refractivity contribution >= 4 is 17.5 Å². The Hall–Kier alpha value is -4.55. The van der Waals surface area contributed by atoms with Crippen molar-refractivity contribution in [1.29, 1.82) is 0 Å². The molecular weight excluding hydrogens is 637 g/mol. The molecule has 47 heavy (non-hydrogen) atoms. The number of methoxy groups -OCH3 is 1. The van der Waals surface area contributed by atoms with Crippen molar-refractivity contribution in [2.24, 2.45) is 11.3 Å². The van der Waals surface area contributed by atoms with Gasteiger partial charge in [0.25, 0.3) is 5.91 Å². The molecule has 1 aliphatic heterocycles. The van der Waals surface area contributed by atoms with E-state index in [0.29, 0.717) is 11.3 Å². The lowest BCUT2D eigenvalue weighted by molar-refractivity contribution is -0.155. The van der Waals surface area contributed by atoms with Crippen LogP contribution in [0.1, 0.15) is 77.4 Å². The molecule has 0 radical (unpaired) electrons. The van der Waals surface area contributed by atoms with Gasteiger partial charge in [0.15, 0.2) is 11.3 Å². The van der Waals surface area contributed by atoms with Crippen LogP contribution in [0.4, 0.5) is 22.0 Å². The zero-order valence-electron chi connectivity index (χ0n) is 25.2. The predicted molar refractivity (Wildman–Crippen MR) is 147 cm³/mol. The molecule has 0 bridgehead atoms. The maximum atomic E-state index is 14.0. The highest BCUT2D eigenvalue weighted by molar-refractivity contribution is 5.93. The molecule has 6 rings (SSSR count). The van der Waals surface area contributed by atoms with Gasteiger partial charge in [-0.2, -0.15) is 18.3 Å². The Morgan fingerprint density at radius 2 is 1.94 bits per heavy atom. The summed E-state index contributed by atoms with van der Waals surface area (Å²) in [4.78, 5) is 30.9. The summed E-state index contributed by atoms with van der Waals surface area (Å²) in [5.74, 6) is -4.58. The third kappa shape index (κ3) is 6.79. The fraction of sp³-hybridized carbons (Fsp3) is 0.571. The molecule has 4 aromatic rings. The predicted octanol–water partition coefficient (Wildman–Crippen LogP) is 3.47. The molecule has 0 spiro atoms. The van der Waals surface area contributed by atoms with Crippen LogP contribution < -0.4 is 10.6 Å². The topological polar surface area (TPSA) is 175 Å². The van der Waals surface area contributed by atoms with Crippen molar-refractivity contribution in [1.82, 2.24) is 45.7 Å². The minimum Gasteiger partial charge on any atom is -0.423 e. The monoisotopic (exact) mass is 667 g/mol. The summed E-state index contributed by atoms with van der Waals surface area (Å²) in [5, 5.41) is 24.2. The number of alkyl halides is 5. The standard InChI is InChI=1S/C28H30F5N9O5/c1-14-22(41-47-40-14)24(43)37-23(16-3-5-27(29,30)6-4-16)17-12-42-19(35-17)7-15(11-34-42)8-26(9-18(28(31,32)33)36-25(26)44)10-20-38-39-21(46-20)13-45-2/h7,11-12,16,18,23H,3-6,8-10,13H2,1-2H3,(H,36,44)(H,37,43)/t18-,23-,26-/m0/s1. The molecule has 2 fully saturated rings. The number of nitrogens with one attached hydrogen (secondary N) is 2. The van der Waals surface area contributed by atoms with Crippen LogP contribution in [0.15, 0.2) is 27.5 Å². The Morgan fingerprint density at radius 1 is 1.19 bits per heavy atom. The van der Waals surface area contributed by atoms with E-state index >= 15 is 0 Å². The molecule has 19 heteroatoms. The molecule has 0 aromatic carbocycles. The van der Waals surface area contributed by atoms with Gasteiger partial charge in [0.2, 0.25) is 23.6 Å². The molecule has 5 heterocycles. The first-order chi connectivity index (χ1) is 22.2. The minimum absolute atomic E-state index is 0.0139. The average Bonchev–Trinajstić information content (AvgIpc) is 3.79. The molecule has 14 nitrogen and oxygen atoms in total. The molecule has 2 N–H and O–H groups in total. The molecular formula is C28H30F5N9O5. The second-order valence-corrected chi connectivity index (χ2v) is 12.1. The van der Waals surface area contributed by atoms with E-state index in [1.54, 1.807) is 6.07 Å². The van der Waals surface area contributed by atoms with Crippen molar-refractivity contribution in [3.8, 4) is 0 Å². The first-order valence-corrected chi connectivity index (χ1v) is 14.8. The van der Waals surface area contributed by atoms with Crippen molar-refractivity contribution in [3.63, 3.8) is 0 Å². The highest BCUT2D eigenvalue weighted by atomic mass is 19.4. The summed E-state index contributed by atoms with van der Waals surface area (Å²) in [5.41, 5.74) is -0.446. The summed E-state index contributed by atoms with van der Waals surface area (Å²) < 4.78 is 85.8. The Bertz CT molecular complexity index is 1760. The summed E-state index contributed by atoms with van der Waals surface area (Å²) in [6.07, 6.45) is -3.27. The maximum Gasteiger partial charge on any atom is 0.408 e. The third-order valence-corrected chi connectivity index (χ3v) is 8.69. The Labute approximate surface area is 262 Å². The summed E-state index contributed by atoms with van der Waals surface area (Å²) >= 11 is 0. The number of hydrogen-bond acceptors (Lipinski definition) is 11. The second kappa shape index (κ2) is 12.2. The number of ether oxygens (including phenoxy) is 1. The fourth-order valence-corrected chi connectivity index (χ4v) is 6.29. The van der Waals surface area contributed by atoms with Gasteiger partial charge in [-0.15, -0.1) is 10.2 Å². The number of hydrogen-bond donors (Lipinski definition) is 2. The molecule has 0 unspecified atom stereocenters. The highest BCUT2D eigenvalue weighted by Gasteiger charge is 2.56. The summed E-state index contributed by atoms with van der Waals surface area (Å²) in [6.45, 7) is 1.52. The molecule has 252 valence electrons. The maximum absolute atomic E-state index is 14.0. The van der Waals surface area contributed by atoms with Crippen LogP contribution in [-0.2, 0) is 29.0 Å². The zero-order chi connectivity index (χ0) is 33.6. The lowest BCUT2D eigenvalue weighted by Gasteiger charge is -2.33. The van der Waals surface area contributed by atoms with Gasteiger partial charge in [0, 0.05) is 26.4 Å². The number of amides is 2. The van der Waals surface area contributed by atoms with E-state index in [-0.39, 0.29) is 73.9 Å². The highest BCUT2D eigenvalue weighted by Crippen LogP contribution is 2.43. The number of rotatable bonds is 10. The lowest BCUT2D eigenvalue weighted by Crippen LogP contribution is -2.39. The van der Waals surface area contributed by atoms with Crippen LogP contribution in [0.5, 0.6) is 0 Å². The second-order valence-electron chi connectivity index (χ2n) is 12.1. The van der Waals surface area contributed by atoms with E-state index in [1.165, 1.54) is 30.9 Å². The zero-order valence-corrected chi connectivity index (χ0v) is 25.2. The van der Waals surface area contributed by atoms with E-state index < -0.39 is 53.8 Å². The van der Waals surface area contributed by atoms with E-state index in [1.807, 2.05) is 0 Å². The Balaban J connectivity index is 1.30. The SMILES string of the molecule is COCc1nnc(C[C@]2(Cc3cnn4cc([C@@H](NC(=O)c5nonc5C)C5CCC(F)(F)CC5)nc4c3)C[C@@H](C(F)(F)F)NC2=O)o1. The molecule has 2 amide bonds. The van der Waals surface area contributed by atoms with Crippen molar-refractivity contribution in [2.75, 3.05) is 7.11 Å². The van der Waals surface area contributed by atoms with Crippen LogP contribution in [0, 0.1) is 18.3 Å². The van der Waals surface area contributed by atoms with E-state index in [2.05, 4.69) is 45.9 Å². The van der Waals surface area contributed by atoms with Crippen LogP contribution in [-0.4, -0.2) is 72.2 Å². The number of carbonyl (C=O) groups is 2. The van der Waals surface area contributed by atoms with Crippen molar-refractivity contribution in [2.45, 2.75) is 82.7 Å². The van der Waals surface area contributed by atoms with Gasteiger partial charge in [-0.25, -0.2) is 22.9 Å². The Morgan fingerprint density at radius 3 is 2.60 bits per heavy atom. The first kappa shape index (κ1) is 32.4. The Kier molecular flexibility index (Phi) is 8.43. The molecule has 1 saturated carbocycles. The number of halogens is 5. The van der Waals surface area contributed by atoms with Gasteiger partial charge >= 0.3 is 6.18 Å². The van der Waals surface area contributed by atoms with Gasteiger partial charge in [-0.1, -0.05) is 5.16 Å². The largest absolute Gasteiger partial charge is 0.423 e. The van der Waals surface area contributed by atoms with Gasteiger partial charge in [0.05, 0.1) is 29.5 Å². The van der Waals surface area contributed by atoms with Crippen LogP contribution in [0.3, 0.4) is 0 Å². The number of nitrogens with zero attached hydrogens (tertiary/aromatic N) is 7. The average molecular weight is 668 g/mol. The van der Waals surface area contributed by atoms with E-state index in [0.717, 1.165) is 0 Å². The van der Waals surface area contributed by atoms with Gasteiger partial charge in [-0.3, -0.25) is 9.59 Å². The molecule has 4 aromatic heterocycles. The van der Waals surface area contributed by atoms with Crippen molar-refractivity contribution < 1.29 is 45.3 Å². The number of imidazole rings is 1. The lowest BCUT2D eigenvalue weighted by atomic mass is 9.76. The number of aryl methyl sites for hydroxylation is 1. The molecule has 2 aliphatic rings. The number of fused-ring (bicyclic) bond motifs is 1. The molecule has 1 saturated heterocycles. The third-order valence-electron chi connectivity index (χ3n) is 8.69. The van der Waals surface area contributed by atoms with E-state index in [4.69, 9.17) is 9.15 Å². The first-order valence-electron chi connectivity index (χ1n) is 14.8. The van der Waals surface area contributed by atoms with Gasteiger partial charge in [0.1, 0.15) is 18.3 Å². The van der Waals surface area contributed by atoms with Gasteiger partial charge in [-0.05, 0) is 55.3 Å². The summed E-state index contributed by atoms with van der Waals surface area (Å²) in [7, 11) is 1.41. The fourth-order valence-electron chi connectivity index (χ4n) is 6.29. The van der Waals surface area contributed by atoms with Crippen LogP contribution in [0.25, 0.3) is 5.65 Å². The normalized spacial score (nSPS) is 22.4. The summed E-state index contributed by atoms with van der Waals surface area (Å²) in [6, 6.07) is -1.32. The van der Waals surface area contributed by atoms with Crippen molar-refractivity contribution in [3.05, 3.63) is 52.9 Å². The number of aromatic nitrogens is 7. The van der Waals surface area contributed by atoms with Gasteiger partial charge < -0.3 is 19.8 Å². The molecule has 3 atom stereocenters. The molecule has 1 aliphatic carbocycles. The number of carbonyl (C=O) groups excluding carboxylic acids is 2. The minimum atomic E-state index is -4.68. The van der Waals surface area contributed by atoms with E-state index in [9.17, 15) is 31.5 Å².